The molecule has 1 fully saturated rings. The molecule has 0 bridgehead atoms. The number of anilines is 1. The number of para-hydroxylation sites is 1. The second-order valence-electron chi connectivity index (χ2n) is 8.49. The Bertz CT molecular complexity index is 876. The number of likely N-dealkylation sites (tertiary alicyclic amines) is 1. The van der Waals surface area contributed by atoms with Gasteiger partial charge >= 0.3 is 12.2 Å². The Kier molecular flexibility index (Phi) is 6.65. The van der Waals surface area contributed by atoms with Gasteiger partial charge < -0.3 is 14.4 Å². The zero-order chi connectivity index (χ0) is 21.7. The fraction of sp³-hybridized carbons (Fsp3) is 0.417. The number of carbonyl (C=O) groups excluding carboxylic acids is 2. The normalized spacial score (nSPS) is 16.3. The summed E-state index contributed by atoms with van der Waals surface area (Å²) in [6.45, 7) is 6.38. The third kappa shape index (κ3) is 5.32. The van der Waals surface area contributed by atoms with Gasteiger partial charge in [-0.2, -0.15) is 0 Å². The molecule has 1 saturated heterocycles. The molecule has 1 aliphatic heterocycles. The van der Waals surface area contributed by atoms with Crippen molar-refractivity contribution < 1.29 is 19.1 Å². The van der Waals surface area contributed by atoms with Crippen LogP contribution in [0.3, 0.4) is 0 Å². The minimum Gasteiger partial charge on any atom is -0.445 e. The lowest BCUT2D eigenvalue weighted by Crippen LogP contribution is -2.36. The molecule has 0 N–H and O–H groups in total. The lowest BCUT2D eigenvalue weighted by atomic mass is 10.0. The van der Waals surface area contributed by atoms with Gasteiger partial charge in [0, 0.05) is 13.6 Å². The molecule has 6 nitrogen and oxygen atoms in total. The standard InChI is InChI=1S/C24H30N2O4/c1-24(2,3)30-22(27)25(4)20-14-9-8-13-19(20)21-15-10-16-26(21)23(28)29-17-18-11-6-5-7-12-18/h5-9,11-14,21H,10,15-17H2,1-4H3/t21-/m0/s1. The average Bonchev–Trinajstić information content (AvgIpc) is 3.21. The van der Waals surface area contributed by atoms with E-state index in [0.717, 1.165) is 29.7 Å². The summed E-state index contributed by atoms with van der Waals surface area (Å²) in [4.78, 5) is 28.7. The largest absolute Gasteiger partial charge is 0.445 e. The molecular weight excluding hydrogens is 380 g/mol. The first-order valence-electron chi connectivity index (χ1n) is 10.3. The van der Waals surface area contributed by atoms with Crippen molar-refractivity contribution in [3.8, 4) is 0 Å². The highest BCUT2D eigenvalue weighted by Crippen LogP contribution is 2.37. The molecule has 1 atom stereocenters. The van der Waals surface area contributed by atoms with Gasteiger partial charge in [0.25, 0.3) is 0 Å². The van der Waals surface area contributed by atoms with E-state index >= 15 is 0 Å². The molecule has 0 spiro atoms. The zero-order valence-electron chi connectivity index (χ0n) is 18.1. The van der Waals surface area contributed by atoms with Crippen molar-refractivity contribution >= 4 is 17.9 Å². The van der Waals surface area contributed by atoms with Gasteiger partial charge in [0.15, 0.2) is 0 Å². The molecular formula is C24H30N2O4. The SMILES string of the molecule is CN(C(=O)OC(C)(C)C)c1ccccc1[C@@H]1CCCN1C(=O)OCc1ccccc1. The first-order chi connectivity index (χ1) is 14.3. The lowest BCUT2D eigenvalue weighted by Gasteiger charge is -2.30. The minimum atomic E-state index is -0.582. The molecule has 1 heterocycles. The Balaban J connectivity index is 1.76. The van der Waals surface area contributed by atoms with E-state index in [2.05, 4.69) is 0 Å². The van der Waals surface area contributed by atoms with Crippen LogP contribution >= 0.6 is 0 Å². The maximum absolute atomic E-state index is 12.8. The van der Waals surface area contributed by atoms with Crippen molar-refractivity contribution in [2.45, 2.75) is 51.9 Å². The molecule has 1 aliphatic rings. The lowest BCUT2D eigenvalue weighted by molar-refractivity contribution is 0.0589. The minimum absolute atomic E-state index is 0.144. The summed E-state index contributed by atoms with van der Waals surface area (Å²) in [5.41, 5.74) is 2.02. The van der Waals surface area contributed by atoms with Crippen molar-refractivity contribution in [3.05, 3.63) is 65.7 Å². The summed E-state index contributed by atoms with van der Waals surface area (Å²) in [5.74, 6) is 0. The van der Waals surface area contributed by atoms with E-state index < -0.39 is 11.7 Å². The Labute approximate surface area is 178 Å². The van der Waals surface area contributed by atoms with Crippen LogP contribution in [0.25, 0.3) is 0 Å². The van der Waals surface area contributed by atoms with E-state index in [4.69, 9.17) is 9.47 Å². The predicted molar refractivity (Wildman–Crippen MR) is 116 cm³/mol. The molecule has 2 aromatic rings. The van der Waals surface area contributed by atoms with Crippen LogP contribution < -0.4 is 4.90 Å². The summed E-state index contributed by atoms with van der Waals surface area (Å²) in [5, 5.41) is 0. The van der Waals surface area contributed by atoms with Crippen molar-refractivity contribution in [1.82, 2.24) is 4.90 Å². The number of amides is 2. The van der Waals surface area contributed by atoms with Crippen LogP contribution in [0.2, 0.25) is 0 Å². The van der Waals surface area contributed by atoms with E-state index in [1.54, 1.807) is 11.9 Å². The molecule has 2 amide bonds. The van der Waals surface area contributed by atoms with Gasteiger partial charge in [-0.25, -0.2) is 9.59 Å². The Morgan fingerprint density at radius 1 is 1.07 bits per heavy atom. The van der Waals surface area contributed by atoms with Crippen LogP contribution in [0.15, 0.2) is 54.6 Å². The Morgan fingerprint density at radius 3 is 2.43 bits per heavy atom. The van der Waals surface area contributed by atoms with Gasteiger partial charge in [-0.1, -0.05) is 48.5 Å². The van der Waals surface area contributed by atoms with Gasteiger partial charge in [0.2, 0.25) is 0 Å². The molecule has 0 saturated carbocycles. The molecule has 0 aromatic heterocycles. The van der Waals surface area contributed by atoms with Crippen molar-refractivity contribution in [2.24, 2.45) is 0 Å². The van der Waals surface area contributed by atoms with Crippen molar-refractivity contribution in [2.75, 3.05) is 18.5 Å². The number of carbonyl (C=O) groups is 2. The summed E-state index contributed by atoms with van der Waals surface area (Å²) < 4.78 is 11.1. The average molecular weight is 411 g/mol. The van der Waals surface area contributed by atoms with Crippen LogP contribution in [-0.4, -0.2) is 36.3 Å². The van der Waals surface area contributed by atoms with Crippen LogP contribution in [0, 0.1) is 0 Å². The predicted octanol–water partition coefficient (Wildman–Crippen LogP) is 5.53. The van der Waals surface area contributed by atoms with Crippen LogP contribution in [0.5, 0.6) is 0 Å². The molecule has 6 heteroatoms. The number of ether oxygens (including phenoxy) is 2. The maximum atomic E-state index is 12.8. The van der Waals surface area contributed by atoms with Gasteiger partial charge in [-0.3, -0.25) is 4.90 Å². The summed E-state index contributed by atoms with van der Waals surface area (Å²) >= 11 is 0. The van der Waals surface area contributed by atoms with E-state index in [1.807, 2.05) is 75.4 Å². The molecule has 0 aliphatic carbocycles. The highest BCUT2D eigenvalue weighted by molar-refractivity contribution is 5.88. The summed E-state index contributed by atoms with van der Waals surface area (Å²) in [7, 11) is 1.69. The van der Waals surface area contributed by atoms with Crippen molar-refractivity contribution in [1.29, 1.82) is 0 Å². The third-order valence-electron chi connectivity index (χ3n) is 5.02. The van der Waals surface area contributed by atoms with Gasteiger partial charge in [-0.15, -0.1) is 0 Å². The molecule has 160 valence electrons. The quantitative estimate of drug-likeness (QED) is 0.665. The third-order valence-corrected chi connectivity index (χ3v) is 5.02. The topological polar surface area (TPSA) is 59.1 Å². The zero-order valence-corrected chi connectivity index (χ0v) is 18.1. The first kappa shape index (κ1) is 21.7. The molecule has 0 radical (unpaired) electrons. The van der Waals surface area contributed by atoms with Crippen molar-refractivity contribution in [3.63, 3.8) is 0 Å². The molecule has 0 unspecified atom stereocenters. The van der Waals surface area contributed by atoms with Gasteiger partial charge in [-0.05, 0) is 50.8 Å². The second-order valence-corrected chi connectivity index (χ2v) is 8.49. The van der Waals surface area contributed by atoms with E-state index in [1.165, 1.54) is 4.90 Å². The highest BCUT2D eigenvalue weighted by Gasteiger charge is 2.34. The number of nitrogens with zero attached hydrogens (tertiary/aromatic N) is 2. The highest BCUT2D eigenvalue weighted by atomic mass is 16.6. The monoisotopic (exact) mass is 410 g/mol. The van der Waals surface area contributed by atoms with E-state index in [-0.39, 0.29) is 18.7 Å². The number of rotatable bonds is 4. The molecule has 3 rings (SSSR count). The smallest absolute Gasteiger partial charge is 0.414 e. The summed E-state index contributed by atoms with van der Waals surface area (Å²) in [6, 6.07) is 17.1. The van der Waals surface area contributed by atoms with E-state index in [9.17, 15) is 9.59 Å². The van der Waals surface area contributed by atoms with Gasteiger partial charge in [0.1, 0.15) is 12.2 Å². The van der Waals surface area contributed by atoms with Gasteiger partial charge in [0.05, 0.1) is 11.7 Å². The fourth-order valence-electron chi connectivity index (χ4n) is 3.61. The number of benzene rings is 2. The Hall–Kier alpha value is -3.02. The van der Waals surface area contributed by atoms with Crippen LogP contribution in [0.1, 0.15) is 50.8 Å². The number of hydrogen-bond acceptors (Lipinski definition) is 4. The first-order valence-corrected chi connectivity index (χ1v) is 10.3. The number of hydrogen-bond donors (Lipinski definition) is 0. The maximum Gasteiger partial charge on any atom is 0.414 e. The van der Waals surface area contributed by atoms with Crippen LogP contribution in [-0.2, 0) is 16.1 Å². The second kappa shape index (κ2) is 9.20. The Morgan fingerprint density at radius 2 is 1.73 bits per heavy atom. The van der Waals surface area contributed by atoms with Crippen LogP contribution in [0.4, 0.5) is 15.3 Å². The summed E-state index contributed by atoms with van der Waals surface area (Å²) in [6.07, 6.45) is 0.942. The molecule has 2 aromatic carbocycles. The molecule has 30 heavy (non-hydrogen) atoms. The fourth-order valence-corrected chi connectivity index (χ4v) is 3.61. The van der Waals surface area contributed by atoms with E-state index in [0.29, 0.717) is 6.54 Å².